The minimum atomic E-state index is -3.98. The first-order valence-electron chi connectivity index (χ1n) is 10.5. The first-order chi connectivity index (χ1) is 15.9. The molecular formula is C21H24N8O3S. The molecule has 0 amide bonds. The molecule has 1 N–H and O–H groups in total. The van der Waals surface area contributed by atoms with Crippen LogP contribution in [0, 0.1) is 5.92 Å². The van der Waals surface area contributed by atoms with Crippen molar-refractivity contribution in [2.75, 3.05) is 29.8 Å². The molecule has 4 aromatic rings. The maximum Gasteiger partial charge on any atom is 0.265 e. The number of hydrogen-bond donors (Lipinski definition) is 1. The van der Waals surface area contributed by atoms with Crippen LogP contribution in [0.1, 0.15) is 13.3 Å². The van der Waals surface area contributed by atoms with Crippen LogP contribution in [0.2, 0.25) is 0 Å². The van der Waals surface area contributed by atoms with Crippen molar-refractivity contribution in [2.24, 2.45) is 13.0 Å². The monoisotopic (exact) mass is 468 g/mol. The van der Waals surface area contributed by atoms with Crippen LogP contribution in [0.15, 0.2) is 48.0 Å². The van der Waals surface area contributed by atoms with Crippen LogP contribution in [0.25, 0.3) is 16.7 Å². The maximum atomic E-state index is 13.2. The highest BCUT2D eigenvalue weighted by Crippen LogP contribution is 2.32. The third kappa shape index (κ3) is 3.86. The summed E-state index contributed by atoms with van der Waals surface area (Å²) >= 11 is 0. The molecule has 1 fully saturated rings. The average Bonchev–Trinajstić information content (AvgIpc) is 3.54. The van der Waals surface area contributed by atoms with Crippen molar-refractivity contribution in [2.45, 2.75) is 18.2 Å². The molecule has 0 unspecified atom stereocenters. The number of anilines is 2. The van der Waals surface area contributed by atoms with Gasteiger partial charge in [-0.1, -0.05) is 6.92 Å². The molecule has 5 heterocycles. The fraction of sp³-hybridized carbons (Fsp3) is 0.333. The lowest BCUT2D eigenvalue weighted by Crippen LogP contribution is -2.19. The number of ether oxygens (including phenoxy) is 1. The van der Waals surface area contributed by atoms with Gasteiger partial charge in [0, 0.05) is 49.7 Å². The number of pyridine rings is 2. The maximum absolute atomic E-state index is 13.2. The van der Waals surface area contributed by atoms with Gasteiger partial charge in [0.25, 0.3) is 10.0 Å². The van der Waals surface area contributed by atoms with E-state index >= 15 is 0 Å². The van der Waals surface area contributed by atoms with Gasteiger partial charge >= 0.3 is 0 Å². The summed E-state index contributed by atoms with van der Waals surface area (Å²) in [6, 6.07) is 3.87. The summed E-state index contributed by atoms with van der Waals surface area (Å²) in [5, 5.41) is 9.11. The van der Waals surface area contributed by atoms with Crippen LogP contribution in [-0.4, -0.2) is 58.1 Å². The molecule has 5 rings (SSSR count). The highest BCUT2D eigenvalue weighted by molar-refractivity contribution is 7.92. The van der Waals surface area contributed by atoms with E-state index in [4.69, 9.17) is 4.74 Å². The number of nitrogens with zero attached hydrogens (tertiary/aromatic N) is 7. The molecule has 0 spiro atoms. The molecule has 1 aliphatic heterocycles. The van der Waals surface area contributed by atoms with Gasteiger partial charge in [-0.25, -0.2) is 23.1 Å². The number of sulfonamides is 1. The number of rotatable bonds is 6. The van der Waals surface area contributed by atoms with Crippen LogP contribution >= 0.6 is 0 Å². The number of aromatic nitrogens is 6. The Kier molecular flexibility index (Phi) is 5.16. The van der Waals surface area contributed by atoms with E-state index in [1.165, 1.54) is 24.2 Å². The summed E-state index contributed by atoms with van der Waals surface area (Å²) in [5.74, 6) is 1.34. The zero-order chi connectivity index (χ0) is 23.2. The van der Waals surface area contributed by atoms with E-state index < -0.39 is 10.0 Å². The van der Waals surface area contributed by atoms with E-state index in [-0.39, 0.29) is 16.5 Å². The lowest BCUT2D eigenvalue weighted by molar-refractivity contribution is 0.400. The number of methoxy groups -OCH3 is 1. The topological polar surface area (TPSA) is 120 Å². The molecule has 0 bridgehead atoms. The van der Waals surface area contributed by atoms with Crippen molar-refractivity contribution in [1.82, 2.24) is 29.5 Å². The van der Waals surface area contributed by atoms with Crippen LogP contribution < -0.4 is 14.4 Å². The fourth-order valence-corrected chi connectivity index (χ4v) is 5.05. The standard InChI is InChI=1S/C21H24N8O3S/c1-14-5-7-28(12-14)16-4-6-22-18(8-16)29-13-17(11-25-29)33(30,31)26-19-20-15(10-24-27(20)2)9-23-21(19)32-3/h4,6,8-11,13-14,26H,5,7,12H2,1-3H3/t14-/m0/s1. The summed E-state index contributed by atoms with van der Waals surface area (Å²) in [4.78, 5) is 10.8. The van der Waals surface area contributed by atoms with Gasteiger partial charge in [0.05, 0.1) is 31.2 Å². The first-order valence-corrected chi connectivity index (χ1v) is 12.0. The lowest BCUT2D eigenvalue weighted by Gasteiger charge is -2.18. The number of nitrogens with one attached hydrogen (secondary N) is 1. The van der Waals surface area contributed by atoms with E-state index in [2.05, 4.69) is 36.7 Å². The zero-order valence-electron chi connectivity index (χ0n) is 18.5. The third-order valence-corrected chi connectivity index (χ3v) is 7.09. The van der Waals surface area contributed by atoms with Crippen LogP contribution in [0.3, 0.4) is 0 Å². The Bertz CT molecular complexity index is 1430. The Labute approximate surface area is 191 Å². The highest BCUT2D eigenvalue weighted by Gasteiger charge is 2.24. The molecule has 11 nitrogen and oxygen atoms in total. The smallest absolute Gasteiger partial charge is 0.265 e. The van der Waals surface area contributed by atoms with Crippen molar-refractivity contribution in [3.63, 3.8) is 0 Å². The van der Waals surface area contributed by atoms with Crippen molar-refractivity contribution >= 4 is 32.3 Å². The van der Waals surface area contributed by atoms with Gasteiger partial charge in [-0.2, -0.15) is 10.2 Å². The number of aryl methyl sites for hydroxylation is 1. The molecule has 12 heteroatoms. The Morgan fingerprint density at radius 3 is 2.79 bits per heavy atom. The number of fused-ring (bicyclic) bond motifs is 1. The Morgan fingerprint density at radius 1 is 1.18 bits per heavy atom. The molecule has 33 heavy (non-hydrogen) atoms. The summed E-state index contributed by atoms with van der Waals surface area (Å²) in [6.07, 6.45) is 8.77. The average molecular weight is 469 g/mol. The summed E-state index contributed by atoms with van der Waals surface area (Å²) in [7, 11) is -0.835. The molecule has 0 aliphatic carbocycles. The molecule has 1 aliphatic rings. The van der Waals surface area contributed by atoms with Crippen LogP contribution in [0.4, 0.5) is 11.4 Å². The zero-order valence-corrected chi connectivity index (χ0v) is 19.3. The minimum Gasteiger partial charge on any atom is -0.479 e. The second-order valence-corrected chi connectivity index (χ2v) is 9.84. The molecule has 172 valence electrons. The quantitative estimate of drug-likeness (QED) is 0.457. The van der Waals surface area contributed by atoms with E-state index in [0.29, 0.717) is 22.6 Å². The second kappa shape index (κ2) is 8.03. The van der Waals surface area contributed by atoms with Crippen LogP contribution in [0.5, 0.6) is 5.88 Å². The predicted octanol–water partition coefficient (Wildman–Crippen LogP) is 2.20. The second-order valence-electron chi connectivity index (χ2n) is 8.15. The van der Waals surface area contributed by atoms with Gasteiger partial charge in [0.2, 0.25) is 5.88 Å². The fourth-order valence-electron chi connectivity index (χ4n) is 4.06. The SMILES string of the molecule is COc1ncc2cnn(C)c2c1NS(=O)(=O)c1cnn(-c2cc(N3CC[C@H](C)C3)ccn2)c1. The third-order valence-electron chi connectivity index (χ3n) is 5.79. The van der Waals surface area contributed by atoms with Gasteiger partial charge in [0.1, 0.15) is 10.6 Å². The Morgan fingerprint density at radius 2 is 2.03 bits per heavy atom. The lowest BCUT2D eigenvalue weighted by atomic mass is 10.2. The predicted molar refractivity (Wildman–Crippen MR) is 123 cm³/mol. The summed E-state index contributed by atoms with van der Waals surface area (Å²) in [6.45, 7) is 4.21. The molecule has 0 radical (unpaired) electrons. The van der Waals surface area contributed by atoms with E-state index in [9.17, 15) is 8.42 Å². The van der Waals surface area contributed by atoms with Crippen LogP contribution in [-0.2, 0) is 17.1 Å². The van der Waals surface area contributed by atoms with Gasteiger partial charge < -0.3 is 9.64 Å². The summed E-state index contributed by atoms with van der Waals surface area (Å²) in [5.41, 5.74) is 1.82. The van der Waals surface area contributed by atoms with Crippen molar-refractivity contribution in [3.05, 3.63) is 43.1 Å². The molecule has 1 saturated heterocycles. The molecule has 4 aromatic heterocycles. The van der Waals surface area contributed by atoms with E-state index in [1.54, 1.807) is 30.3 Å². The minimum absolute atomic E-state index is 0.00859. The van der Waals surface area contributed by atoms with Gasteiger partial charge in [0.15, 0.2) is 5.82 Å². The number of hydrogen-bond acceptors (Lipinski definition) is 8. The highest BCUT2D eigenvalue weighted by atomic mass is 32.2. The first kappa shape index (κ1) is 21.2. The van der Waals surface area contributed by atoms with Gasteiger partial charge in [-0.05, 0) is 18.4 Å². The largest absolute Gasteiger partial charge is 0.479 e. The van der Waals surface area contributed by atoms with Crippen molar-refractivity contribution < 1.29 is 13.2 Å². The van der Waals surface area contributed by atoms with E-state index in [1.807, 2.05) is 12.1 Å². The van der Waals surface area contributed by atoms with Crippen molar-refractivity contribution in [1.29, 1.82) is 0 Å². The molecule has 0 saturated carbocycles. The molecule has 1 atom stereocenters. The molecular weight excluding hydrogens is 444 g/mol. The summed E-state index contributed by atoms with van der Waals surface area (Å²) < 4.78 is 37.3. The Hall–Kier alpha value is -3.67. The van der Waals surface area contributed by atoms with E-state index in [0.717, 1.165) is 25.2 Å². The Balaban J connectivity index is 1.46. The molecule has 0 aromatic carbocycles. The normalized spacial score (nSPS) is 16.5. The van der Waals surface area contributed by atoms with Gasteiger partial charge in [-0.3, -0.25) is 9.40 Å². The van der Waals surface area contributed by atoms with Gasteiger partial charge in [-0.15, -0.1) is 0 Å². The van der Waals surface area contributed by atoms with Crippen molar-refractivity contribution in [3.8, 4) is 11.7 Å².